The largest absolute Gasteiger partial charge is 0.466 e. The fourth-order valence-corrected chi connectivity index (χ4v) is 2.40. The molecule has 1 fully saturated rings. The molecule has 1 aliphatic rings. The van der Waals surface area contributed by atoms with Crippen LogP contribution in [0.1, 0.15) is 58.8 Å². The maximum Gasteiger partial charge on any atom is 0.305 e. The van der Waals surface area contributed by atoms with Gasteiger partial charge < -0.3 is 4.74 Å². The number of rotatable bonds is 2. The summed E-state index contributed by atoms with van der Waals surface area (Å²) in [7, 11) is 0. The van der Waals surface area contributed by atoms with Gasteiger partial charge in [-0.2, -0.15) is 0 Å². The molecule has 1 atom stereocenters. The van der Waals surface area contributed by atoms with E-state index >= 15 is 0 Å². The van der Waals surface area contributed by atoms with E-state index in [1.807, 2.05) is 0 Å². The molecule has 0 amide bonds. The van der Waals surface area contributed by atoms with Crippen LogP contribution in [0.3, 0.4) is 0 Å². The van der Waals surface area contributed by atoms with E-state index in [1.54, 1.807) is 0 Å². The molecule has 1 aliphatic heterocycles. The molecule has 2 nitrogen and oxygen atoms in total. The van der Waals surface area contributed by atoms with E-state index in [1.165, 1.54) is 25.7 Å². The molecule has 0 saturated carbocycles. The molecule has 1 heterocycles. The van der Waals surface area contributed by atoms with Gasteiger partial charge in [0, 0.05) is 6.42 Å². The molecule has 0 aromatic carbocycles. The zero-order valence-electron chi connectivity index (χ0n) is 9.47. The summed E-state index contributed by atoms with van der Waals surface area (Å²) in [5, 5.41) is 0. The third kappa shape index (κ3) is 3.69. The van der Waals surface area contributed by atoms with Gasteiger partial charge in [0.25, 0.3) is 0 Å². The summed E-state index contributed by atoms with van der Waals surface area (Å²) in [5.41, 5.74) is 0.447. The third-order valence-electron chi connectivity index (χ3n) is 3.20. The predicted octanol–water partition coefficient (Wildman–Crippen LogP) is 3.30. The Kier molecular flexibility index (Phi) is 4.43. The van der Waals surface area contributed by atoms with E-state index < -0.39 is 0 Å². The van der Waals surface area contributed by atoms with Gasteiger partial charge in [0.05, 0.1) is 6.61 Å². The average molecular weight is 198 g/mol. The molecular weight excluding hydrogens is 176 g/mol. The number of carbonyl (C=O) groups is 1. The first kappa shape index (κ1) is 11.5. The van der Waals surface area contributed by atoms with Crippen molar-refractivity contribution in [2.24, 2.45) is 5.41 Å². The van der Waals surface area contributed by atoms with Gasteiger partial charge in [-0.15, -0.1) is 0 Å². The smallest absolute Gasteiger partial charge is 0.305 e. The molecule has 0 N–H and O–H groups in total. The van der Waals surface area contributed by atoms with Gasteiger partial charge in [-0.1, -0.05) is 20.3 Å². The first-order chi connectivity index (χ1) is 6.66. The van der Waals surface area contributed by atoms with E-state index in [9.17, 15) is 4.79 Å². The number of ether oxygens (including phenoxy) is 1. The van der Waals surface area contributed by atoms with Crippen LogP contribution in [0.2, 0.25) is 0 Å². The lowest BCUT2D eigenvalue weighted by Gasteiger charge is -2.28. The molecule has 14 heavy (non-hydrogen) atoms. The lowest BCUT2D eigenvalue weighted by Crippen LogP contribution is -2.16. The number of cyclic esters (lactones) is 1. The van der Waals surface area contributed by atoms with Crippen LogP contribution in [0.5, 0.6) is 0 Å². The Bertz CT molecular complexity index is 189. The lowest BCUT2D eigenvalue weighted by molar-refractivity contribution is -0.143. The first-order valence-electron chi connectivity index (χ1n) is 5.82. The van der Waals surface area contributed by atoms with Crippen LogP contribution in [-0.4, -0.2) is 12.6 Å². The minimum absolute atomic E-state index is 0.00857. The van der Waals surface area contributed by atoms with Gasteiger partial charge in [0.1, 0.15) is 0 Å². The van der Waals surface area contributed by atoms with Gasteiger partial charge in [-0.05, 0) is 37.5 Å². The highest BCUT2D eigenvalue weighted by Gasteiger charge is 2.24. The van der Waals surface area contributed by atoms with Crippen molar-refractivity contribution in [2.45, 2.75) is 58.8 Å². The second kappa shape index (κ2) is 5.38. The molecule has 0 aromatic heterocycles. The van der Waals surface area contributed by atoms with Crippen LogP contribution in [-0.2, 0) is 9.53 Å². The third-order valence-corrected chi connectivity index (χ3v) is 3.20. The molecule has 0 aromatic rings. The van der Waals surface area contributed by atoms with Crippen molar-refractivity contribution in [2.75, 3.05) is 6.61 Å². The van der Waals surface area contributed by atoms with Gasteiger partial charge in [-0.25, -0.2) is 0 Å². The van der Waals surface area contributed by atoms with E-state index in [0.29, 0.717) is 18.4 Å². The highest BCUT2D eigenvalue weighted by molar-refractivity contribution is 5.69. The molecule has 0 bridgehead atoms. The highest BCUT2D eigenvalue weighted by atomic mass is 16.5. The van der Waals surface area contributed by atoms with Crippen LogP contribution < -0.4 is 0 Å². The fourth-order valence-electron chi connectivity index (χ4n) is 2.40. The first-order valence-corrected chi connectivity index (χ1v) is 5.82. The zero-order chi connectivity index (χ0) is 10.4. The molecule has 0 aliphatic carbocycles. The molecule has 1 rings (SSSR count). The van der Waals surface area contributed by atoms with E-state index in [-0.39, 0.29) is 5.97 Å². The standard InChI is InChI=1S/C12H22O2/c1-3-7-12(2)8-4-6-11(13)14-10-5-9-12/h3-10H2,1-2H3. The normalized spacial score (nSPS) is 30.0. The summed E-state index contributed by atoms with van der Waals surface area (Å²) in [6.07, 6.45) is 7.54. The minimum atomic E-state index is -0.00857. The van der Waals surface area contributed by atoms with Crippen LogP contribution in [0.15, 0.2) is 0 Å². The molecule has 82 valence electrons. The Balaban J connectivity index is 2.47. The summed E-state index contributed by atoms with van der Waals surface area (Å²) in [6.45, 7) is 5.21. The van der Waals surface area contributed by atoms with Gasteiger partial charge in [-0.3, -0.25) is 4.79 Å². The Morgan fingerprint density at radius 1 is 1.36 bits per heavy atom. The fraction of sp³-hybridized carbons (Fsp3) is 0.917. The number of hydrogen-bond acceptors (Lipinski definition) is 2. The molecule has 2 heteroatoms. The van der Waals surface area contributed by atoms with Crippen molar-refractivity contribution in [1.82, 2.24) is 0 Å². The van der Waals surface area contributed by atoms with Crippen LogP contribution in [0.4, 0.5) is 0 Å². The van der Waals surface area contributed by atoms with Gasteiger partial charge in [0.2, 0.25) is 0 Å². The topological polar surface area (TPSA) is 26.3 Å². The Hall–Kier alpha value is -0.530. The Morgan fingerprint density at radius 3 is 2.79 bits per heavy atom. The predicted molar refractivity (Wildman–Crippen MR) is 57.1 cm³/mol. The van der Waals surface area contributed by atoms with Crippen LogP contribution in [0.25, 0.3) is 0 Å². The monoisotopic (exact) mass is 198 g/mol. The molecular formula is C12H22O2. The zero-order valence-corrected chi connectivity index (χ0v) is 9.47. The number of hydrogen-bond donors (Lipinski definition) is 0. The Labute approximate surface area is 87.0 Å². The van der Waals surface area contributed by atoms with Gasteiger partial charge in [0.15, 0.2) is 0 Å². The molecule has 0 spiro atoms. The summed E-state index contributed by atoms with van der Waals surface area (Å²) in [4.78, 5) is 11.1. The summed E-state index contributed by atoms with van der Waals surface area (Å²) >= 11 is 0. The van der Waals surface area contributed by atoms with Gasteiger partial charge >= 0.3 is 5.97 Å². The molecule has 1 unspecified atom stereocenters. The summed E-state index contributed by atoms with van der Waals surface area (Å²) in [6, 6.07) is 0. The molecule has 0 radical (unpaired) electrons. The summed E-state index contributed by atoms with van der Waals surface area (Å²) in [5.74, 6) is -0.00857. The number of carbonyl (C=O) groups excluding carboxylic acids is 1. The van der Waals surface area contributed by atoms with Crippen molar-refractivity contribution >= 4 is 5.97 Å². The Morgan fingerprint density at radius 2 is 2.07 bits per heavy atom. The van der Waals surface area contributed by atoms with E-state index in [4.69, 9.17) is 4.74 Å². The van der Waals surface area contributed by atoms with Crippen molar-refractivity contribution in [1.29, 1.82) is 0 Å². The van der Waals surface area contributed by atoms with Crippen molar-refractivity contribution < 1.29 is 9.53 Å². The second-order valence-electron chi connectivity index (χ2n) is 4.74. The minimum Gasteiger partial charge on any atom is -0.466 e. The van der Waals surface area contributed by atoms with E-state index in [2.05, 4.69) is 13.8 Å². The maximum absolute atomic E-state index is 11.1. The summed E-state index contributed by atoms with van der Waals surface area (Å²) < 4.78 is 5.10. The quantitative estimate of drug-likeness (QED) is 0.636. The molecule has 1 saturated heterocycles. The SMILES string of the molecule is CCCC1(C)CCCOC(=O)CCC1. The van der Waals surface area contributed by atoms with E-state index in [0.717, 1.165) is 12.8 Å². The van der Waals surface area contributed by atoms with Crippen LogP contribution in [0, 0.1) is 5.41 Å². The van der Waals surface area contributed by atoms with Crippen LogP contribution >= 0.6 is 0 Å². The van der Waals surface area contributed by atoms with Crippen molar-refractivity contribution in [3.63, 3.8) is 0 Å². The number of esters is 1. The maximum atomic E-state index is 11.1. The van der Waals surface area contributed by atoms with Crippen molar-refractivity contribution in [3.05, 3.63) is 0 Å². The lowest BCUT2D eigenvalue weighted by atomic mass is 9.77. The second-order valence-corrected chi connectivity index (χ2v) is 4.74. The average Bonchev–Trinajstić information content (AvgIpc) is 2.19. The highest BCUT2D eigenvalue weighted by Crippen LogP contribution is 2.35. The van der Waals surface area contributed by atoms with Crippen molar-refractivity contribution in [3.8, 4) is 0 Å².